The number of piperazine rings is 1. The van der Waals surface area contributed by atoms with Gasteiger partial charge in [0, 0.05) is 25.0 Å². The van der Waals surface area contributed by atoms with Crippen LogP contribution < -0.4 is 5.73 Å². The van der Waals surface area contributed by atoms with E-state index in [0.29, 0.717) is 25.3 Å². The van der Waals surface area contributed by atoms with Crippen molar-refractivity contribution in [1.29, 1.82) is 0 Å². The predicted octanol–water partition coefficient (Wildman–Crippen LogP) is 1.24. The van der Waals surface area contributed by atoms with Crippen molar-refractivity contribution in [1.82, 2.24) is 14.8 Å². The maximum Gasteiger partial charge on any atom is 0.410 e. The lowest BCUT2D eigenvalue weighted by atomic mass is 10.2. The fourth-order valence-electron chi connectivity index (χ4n) is 2.14. The summed E-state index contributed by atoms with van der Waals surface area (Å²) in [6.07, 6.45) is 1.16. The van der Waals surface area contributed by atoms with E-state index in [1.165, 1.54) is 4.90 Å². The summed E-state index contributed by atoms with van der Waals surface area (Å²) in [5.41, 5.74) is 6.49. The summed E-state index contributed by atoms with van der Waals surface area (Å²) >= 11 is 0. The molecule has 1 aliphatic rings. The van der Waals surface area contributed by atoms with Gasteiger partial charge in [-0.05, 0) is 32.9 Å². The van der Waals surface area contributed by atoms with Gasteiger partial charge in [0.1, 0.15) is 12.1 Å². The van der Waals surface area contributed by atoms with Crippen molar-refractivity contribution in [2.75, 3.05) is 25.4 Å². The Bertz CT molecular complexity index is 568. The molecule has 0 aliphatic carbocycles. The molecule has 0 bridgehead atoms. The number of anilines is 1. The maximum atomic E-state index is 12.2. The zero-order chi connectivity index (χ0) is 16.3. The van der Waals surface area contributed by atoms with Gasteiger partial charge in [0.25, 0.3) is 0 Å². The Hall–Kier alpha value is -2.31. The maximum absolute atomic E-state index is 12.2. The molecule has 120 valence electrons. The van der Waals surface area contributed by atoms with Crippen molar-refractivity contribution in [3.8, 4) is 0 Å². The number of amides is 2. The Morgan fingerprint density at radius 1 is 1.41 bits per heavy atom. The van der Waals surface area contributed by atoms with Gasteiger partial charge in [0.15, 0.2) is 0 Å². The molecule has 7 nitrogen and oxygen atoms in total. The lowest BCUT2D eigenvalue weighted by Gasteiger charge is -2.35. The first-order chi connectivity index (χ1) is 10.2. The fraction of sp³-hybridized carbons (Fsp3) is 0.533. The van der Waals surface area contributed by atoms with Crippen LogP contribution in [-0.4, -0.2) is 52.0 Å². The zero-order valence-corrected chi connectivity index (χ0v) is 13.2. The van der Waals surface area contributed by atoms with Crippen LogP contribution >= 0.6 is 0 Å². The number of nitrogens with zero attached hydrogens (tertiary/aromatic N) is 3. The SMILES string of the molecule is CC(C)(C)OC(=O)N1CCN(Cc2cc(N)ccn2)C(=O)C1. The number of carbonyl (C=O) groups is 2. The van der Waals surface area contributed by atoms with Gasteiger partial charge in [0.2, 0.25) is 5.91 Å². The number of nitrogens with two attached hydrogens (primary N) is 1. The third kappa shape index (κ3) is 4.34. The van der Waals surface area contributed by atoms with Crippen LogP contribution in [0.4, 0.5) is 10.5 Å². The minimum absolute atomic E-state index is 0.0250. The molecular weight excluding hydrogens is 284 g/mol. The first-order valence-electron chi connectivity index (χ1n) is 7.21. The van der Waals surface area contributed by atoms with E-state index in [9.17, 15) is 9.59 Å². The lowest BCUT2D eigenvalue weighted by molar-refractivity contribution is -0.136. The molecule has 2 N–H and O–H groups in total. The van der Waals surface area contributed by atoms with Crippen molar-refractivity contribution >= 4 is 17.7 Å². The number of hydrogen-bond donors (Lipinski definition) is 1. The highest BCUT2D eigenvalue weighted by Crippen LogP contribution is 2.14. The molecule has 0 atom stereocenters. The van der Waals surface area contributed by atoms with E-state index in [4.69, 9.17) is 10.5 Å². The molecule has 0 radical (unpaired) electrons. The number of hydrogen-bond acceptors (Lipinski definition) is 5. The molecule has 22 heavy (non-hydrogen) atoms. The second kappa shape index (κ2) is 6.21. The molecule has 0 aromatic carbocycles. The highest BCUT2D eigenvalue weighted by molar-refractivity contribution is 5.83. The second-order valence-corrected chi connectivity index (χ2v) is 6.30. The first-order valence-corrected chi connectivity index (χ1v) is 7.21. The van der Waals surface area contributed by atoms with Crippen molar-refractivity contribution in [3.05, 3.63) is 24.0 Å². The van der Waals surface area contributed by atoms with Crippen molar-refractivity contribution in [3.63, 3.8) is 0 Å². The average Bonchev–Trinajstić information content (AvgIpc) is 2.39. The Balaban J connectivity index is 1.93. The Morgan fingerprint density at radius 3 is 2.73 bits per heavy atom. The summed E-state index contributed by atoms with van der Waals surface area (Å²) in [6.45, 7) is 6.72. The van der Waals surface area contributed by atoms with Crippen LogP contribution in [0.15, 0.2) is 18.3 Å². The van der Waals surface area contributed by atoms with Gasteiger partial charge < -0.3 is 15.4 Å². The topological polar surface area (TPSA) is 88.8 Å². The monoisotopic (exact) mass is 306 g/mol. The van der Waals surface area contributed by atoms with Gasteiger partial charge in [-0.15, -0.1) is 0 Å². The van der Waals surface area contributed by atoms with Gasteiger partial charge >= 0.3 is 6.09 Å². The van der Waals surface area contributed by atoms with E-state index in [2.05, 4.69) is 4.98 Å². The smallest absolute Gasteiger partial charge is 0.410 e. The fourth-order valence-corrected chi connectivity index (χ4v) is 2.14. The second-order valence-electron chi connectivity index (χ2n) is 6.30. The van der Waals surface area contributed by atoms with Gasteiger partial charge in [-0.1, -0.05) is 0 Å². The van der Waals surface area contributed by atoms with Gasteiger partial charge in [-0.25, -0.2) is 4.79 Å². The quantitative estimate of drug-likeness (QED) is 0.888. The summed E-state index contributed by atoms with van der Waals surface area (Å²) in [6, 6.07) is 3.44. The van der Waals surface area contributed by atoms with Crippen LogP contribution in [0.2, 0.25) is 0 Å². The Morgan fingerprint density at radius 2 is 2.14 bits per heavy atom. The van der Waals surface area contributed by atoms with Crippen LogP contribution in [0.1, 0.15) is 26.5 Å². The minimum atomic E-state index is -0.567. The molecule has 1 aromatic rings. The van der Waals surface area contributed by atoms with E-state index in [-0.39, 0.29) is 12.5 Å². The number of pyridine rings is 1. The number of nitrogen functional groups attached to an aromatic ring is 1. The van der Waals surface area contributed by atoms with E-state index in [0.717, 1.165) is 5.69 Å². The van der Waals surface area contributed by atoms with E-state index >= 15 is 0 Å². The third-order valence-corrected chi connectivity index (χ3v) is 3.16. The molecule has 2 amide bonds. The number of aromatic nitrogens is 1. The molecule has 0 spiro atoms. The van der Waals surface area contributed by atoms with Crippen LogP contribution in [0, 0.1) is 0 Å². The molecule has 1 aromatic heterocycles. The van der Waals surface area contributed by atoms with Crippen molar-refractivity contribution in [2.45, 2.75) is 32.9 Å². The summed E-state index contributed by atoms with van der Waals surface area (Å²) in [4.78, 5) is 31.4. The lowest BCUT2D eigenvalue weighted by Crippen LogP contribution is -2.52. The van der Waals surface area contributed by atoms with Crippen LogP contribution in [0.3, 0.4) is 0 Å². The summed E-state index contributed by atoms with van der Waals surface area (Å²) in [5, 5.41) is 0. The summed E-state index contributed by atoms with van der Waals surface area (Å²) in [7, 11) is 0. The van der Waals surface area contributed by atoms with Crippen LogP contribution in [0.5, 0.6) is 0 Å². The Kier molecular flexibility index (Phi) is 4.54. The third-order valence-electron chi connectivity index (χ3n) is 3.16. The van der Waals surface area contributed by atoms with Crippen LogP contribution in [0.25, 0.3) is 0 Å². The summed E-state index contributed by atoms with van der Waals surface area (Å²) < 4.78 is 5.28. The molecule has 0 unspecified atom stereocenters. The molecule has 1 aliphatic heterocycles. The molecule has 7 heteroatoms. The largest absolute Gasteiger partial charge is 0.444 e. The van der Waals surface area contributed by atoms with E-state index < -0.39 is 11.7 Å². The van der Waals surface area contributed by atoms with Crippen molar-refractivity contribution < 1.29 is 14.3 Å². The molecular formula is C15H22N4O3. The zero-order valence-electron chi connectivity index (χ0n) is 13.2. The van der Waals surface area contributed by atoms with Crippen molar-refractivity contribution in [2.24, 2.45) is 0 Å². The standard InChI is InChI=1S/C15H22N4O3/c1-15(2,3)22-14(21)19-7-6-18(13(20)10-19)9-12-8-11(16)4-5-17-12/h4-5,8H,6-7,9-10H2,1-3H3,(H2,16,17). The first kappa shape index (κ1) is 16.1. The highest BCUT2D eigenvalue weighted by atomic mass is 16.6. The molecule has 2 rings (SSSR count). The van der Waals surface area contributed by atoms with Gasteiger partial charge in [-0.2, -0.15) is 0 Å². The Labute approximate surface area is 130 Å². The van der Waals surface area contributed by atoms with Gasteiger partial charge in [-0.3, -0.25) is 14.7 Å². The predicted molar refractivity (Wildman–Crippen MR) is 81.9 cm³/mol. The normalized spacial score (nSPS) is 15.9. The summed E-state index contributed by atoms with van der Waals surface area (Å²) in [5.74, 6) is -0.124. The van der Waals surface area contributed by atoms with E-state index in [1.54, 1.807) is 44.0 Å². The number of rotatable bonds is 2. The van der Waals surface area contributed by atoms with Gasteiger partial charge in [0.05, 0.1) is 12.2 Å². The highest BCUT2D eigenvalue weighted by Gasteiger charge is 2.30. The number of ether oxygens (including phenoxy) is 1. The molecule has 1 fully saturated rings. The van der Waals surface area contributed by atoms with E-state index in [1.807, 2.05) is 0 Å². The minimum Gasteiger partial charge on any atom is -0.444 e. The molecule has 0 saturated carbocycles. The number of carbonyl (C=O) groups excluding carboxylic acids is 2. The van der Waals surface area contributed by atoms with Crippen LogP contribution in [-0.2, 0) is 16.1 Å². The average molecular weight is 306 g/mol. The molecule has 2 heterocycles. The molecule has 1 saturated heterocycles.